The van der Waals surface area contributed by atoms with Gasteiger partial charge in [0.15, 0.2) is 0 Å². The Morgan fingerprint density at radius 1 is 1.21 bits per heavy atom. The van der Waals surface area contributed by atoms with Crippen LogP contribution in [0.2, 0.25) is 0 Å². The number of ether oxygens (including phenoxy) is 1. The van der Waals surface area contributed by atoms with E-state index in [0.717, 1.165) is 6.08 Å². The molecular weight excluding hydrogens is 313 g/mol. The lowest BCUT2D eigenvalue weighted by molar-refractivity contribution is -0.131. The zero-order chi connectivity index (χ0) is 17.7. The molecule has 2 N–H and O–H groups in total. The third kappa shape index (κ3) is 4.19. The van der Waals surface area contributed by atoms with E-state index in [9.17, 15) is 19.1 Å². The Labute approximate surface area is 138 Å². The molecule has 24 heavy (non-hydrogen) atoms. The fraction of sp³-hybridized carbons (Fsp3) is 0.111. The molecule has 0 aliphatic carbocycles. The summed E-state index contributed by atoms with van der Waals surface area (Å²) in [6.07, 6.45) is 0.820. The fourth-order valence-corrected chi connectivity index (χ4v) is 1.97. The molecule has 0 fully saturated rings. The van der Waals surface area contributed by atoms with Gasteiger partial charge in [-0.25, -0.2) is 4.39 Å². The first-order valence-electron chi connectivity index (χ1n) is 7.07. The molecule has 0 saturated heterocycles. The third-order valence-corrected chi connectivity index (χ3v) is 3.27. The molecule has 0 spiro atoms. The summed E-state index contributed by atoms with van der Waals surface area (Å²) in [6, 6.07) is 10.4. The van der Waals surface area contributed by atoms with E-state index in [1.54, 1.807) is 25.1 Å². The molecule has 0 saturated carbocycles. The number of rotatable bonds is 5. The van der Waals surface area contributed by atoms with E-state index in [0.29, 0.717) is 22.6 Å². The number of ketones is 1. The molecule has 0 unspecified atom stereocenters. The molecule has 2 aromatic carbocycles. The van der Waals surface area contributed by atoms with Gasteiger partial charge in [-0.05, 0) is 42.8 Å². The number of hydrogen-bond acceptors (Lipinski definition) is 4. The van der Waals surface area contributed by atoms with Crippen molar-refractivity contribution in [3.63, 3.8) is 0 Å². The predicted octanol–water partition coefficient (Wildman–Crippen LogP) is 3.25. The van der Waals surface area contributed by atoms with Gasteiger partial charge in [0.2, 0.25) is 5.78 Å². The maximum Gasteiger partial charge on any atom is 0.296 e. The zero-order valence-corrected chi connectivity index (χ0v) is 13.2. The number of hydrogen-bond donors (Lipinski definition) is 2. The van der Waals surface area contributed by atoms with Crippen LogP contribution < -0.4 is 10.1 Å². The lowest BCUT2D eigenvalue weighted by atomic mass is 10.1. The van der Waals surface area contributed by atoms with E-state index in [-0.39, 0.29) is 5.76 Å². The first kappa shape index (κ1) is 17.2. The summed E-state index contributed by atoms with van der Waals surface area (Å²) >= 11 is 0. The van der Waals surface area contributed by atoms with Gasteiger partial charge in [-0.3, -0.25) is 9.59 Å². The van der Waals surface area contributed by atoms with Crippen LogP contribution in [0.4, 0.5) is 10.1 Å². The van der Waals surface area contributed by atoms with Crippen LogP contribution in [0.15, 0.2) is 48.5 Å². The van der Waals surface area contributed by atoms with Crippen molar-refractivity contribution in [3.8, 4) is 5.75 Å². The molecule has 2 aromatic rings. The highest BCUT2D eigenvalue weighted by atomic mass is 19.1. The summed E-state index contributed by atoms with van der Waals surface area (Å²) < 4.78 is 18.2. The molecule has 0 aromatic heterocycles. The molecule has 2 rings (SSSR count). The van der Waals surface area contributed by atoms with Crippen molar-refractivity contribution in [2.45, 2.75) is 6.92 Å². The molecule has 0 radical (unpaired) electrons. The van der Waals surface area contributed by atoms with Crippen LogP contribution in [0.5, 0.6) is 5.75 Å². The molecule has 0 atom stereocenters. The van der Waals surface area contributed by atoms with Crippen LogP contribution in [0.1, 0.15) is 11.1 Å². The summed E-state index contributed by atoms with van der Waals surface area (Å²) in [5.74, 6) is -2.13. The summed E-state index contributed by atoms with van der Waals surface area (Å²) in [7, 11) is 1.48. The van der Waals surface area contributed by atoms with Crippen molar-refractivity contribution in [1.82, 2.24) is 0 Å². The van der Waals surface area contributed by atoms with Crippen LogP contribution in [0.3, 0.4) is 0 Å². The maximum absolute atomic E-state index is 13.2. The Morgan fingerprint density at radius 2 is 1.96 bits per heavy atom. The summed E-state index contributed by atoms with van der Waals surface area (Å²) in [6.45, 7) is 1.54. The van der Waals surface area contributed by atoms with Gasteiger partial charge in [0.25, 0.3) is 5.91 Å². The standard InChI is InChI=1S/C18H16FNO4/c1-11-8-13(6-7-15(11)19)20-18(23)17(22)10-16(21)12-4-3-5-14(9-12)24-2/h3-10,21H,1-2H3,(H,20,23). The number of benzene rings is 2. The van der Waals surface area contributed by atoms with Crippen molar-refractivity contribution < 1.29 is 23.8 Å². The van der Waals surface area contributed by atoms with Crippen LogP contribution >= 0.6 is 0 Å². The number of carbonyl (C=O) groups excluding carboxylic acids is 2. The molecule has 5 nitrogen and oxygen atoms in total. The highest BCUT2D eigenvalue weighted by molar-refractivity contribution is 6.45. The molecule has 0 aliphatic heterocycles. The van der Waals surface area contributed by atoms with Crippen LogP contribution in [-0.2, 0) is 9.59 Å². The highest BCUT2D eigenvalue weighted by Crippen LogP contribution is 2.18. The molecule has 0 bridgehead atoms. The van der Waals surface area contributed by atoms with E-state index >= 15 is 0 Å². The Bertz CT molecular complexity index is 814. The molecular formula is C18H16FNO4. The number of carbonyl (C=O) groups is 2. The monoisotopic (exact) mass is 329 g/mol. The minimum atomic E-state index is -0.935. The van der Waals surface area contributed by atoms with E-state index in [2.05, 4.69) is 5.32 Å². The summed E-state index contributed by atoms with van der Waals surface area (Å²) in [5.41, 5.74) is 0.977. The van der Waals surface area contributed by atoms with Gasteiger partial charge in [-0.2, -0.15) is 0 Å². The van der Waals surface area contributed by atoms with E-state index in [1.807, 2.05) is 0 Å². The number of anilines is 1. The second kappa shape index (κ2) is 7.41. The number of methoxy groups -OCH3 is 1. The zero-order valence-electron chi connectivity index (χ0n) is 13.2. The average molecular weight is 329 g/mol. The van der Waals surface area contributed by atoms with Crippen LogP contribution in [0, 0.1) is 12.7 Å². The Hall–Kier alpha value is -3.15. The first-order valence-corrected chi connectivity index (χ1v) is 7.07. The largest absolute Gasteiger partial charge is 0.507 e. The van der Waals surface area contributed by atoms with E-state index in [1.165, 1.54) is 31.4 Å². The number of aliphatic hydroxyl groups excluding tert-OH is 1. The third-order valence-electron chi connectivity index (χ3n) is 3.27. The van der Waals surface area contributed by atoms with Gasteiger partial charge in [0.05, 0.1) is 7.11 Å². The van der Waals surface area contributed by atoms with Crippen molar-refractivity contribution in [3.05, 3.63) is 65.5 Å². The number of amides is 1. The molecule has 6 heteroatoms. The number of aryl methyl sites for hydroxylation is 1. The number of halogens is 1. The lowest BCUT2D eigenvalue weighted by Crippen LogP contribution is -2.21. The van der Waals surface area contributed by atoms with Crippen LogP contribution in [0.25, 0.3) is 5.76 Å². The van der Waals surface area contributed by atoms with Gasteiger partial charge in [-0.15, -0.1) is 0 Å². The Morgan fingerprint density at radius 3 is 2.62 bits per heavy atom. The van der Waals surface area contributed by atoms with Gasteiger partial charge in [0, 0.05) is 17.3 Å². The Balaban J connectivity index is 2.12. The van der Waals surface area contributed by atoms with Crippen molar-refractivity contribution in [1.29, 1.82) is 0 Å². The smallest absolute Gasteiger partial charge is 0.296 e. The number of nitrogens with one attached hydrogen (secondary N) is 1. The predicted molar refractivity (Wildman–Crippen MR) is 88.4 cm³/mol. The van der Waals surface area contributed by atoms with Crippen molar-refractivity contribution in [2.24, 2.45) is 0 Å². The van der Waals surface area contributed by atoms with Gasteiger partial charge in [-0.1, -0.05) is 12.1 Å². The molecule has 0 aliphatic rings. The SMILES string of the molecule is COc1cccc(C(O)=CC(=O)C(=O)Nc2ccc(F)c(C)c2)c1. The van der Waals surface area contributed by atoms with Gasteiger partial charge in [0.1, 0.15) is 17.3 Å². The van der Waals surface area contributed by atoms with Crippen molar-refractivity contribution >= 4 is 23.1 Å². The molecule has 124 valence electrons. The topological polar surface area (TPSA) is 75.6 Å². The molecule has 0 heterocycles. The highest BCUT2D eigenvalue weighted by Gasteiger charge is 2.14. The summed E-state index contributed by atoms with van der Waals surface area (Å²) in [5, 5.41) is 12.3. The summed E-state index contributed by atoms with van der Waals surface area (Å²) in [4.78, 5) is 23.7. The van der Waals surface area contributed by atoms with Crippen LogP contribution in [-0.4, -0.2) is 23.9 Å². The van der Waals surface area contributed by atoms with E-state index < -0.39 is 17.5 Å². The van der Waals surface area contributed by atoms with Gasteiger partial charge >= 0.3 is 0 Å². The molecule has 1 amide bonds. The normalized spacial score (nSPS) is 11.0. The average Bonchev–Trinajstić information content (AvgIpc) is 2.58. The van der Waals surface area contributed by atoms with Gasteiger partial charge < -0.3 is 15.2 Å². The number of aliphatic hydroxyl groups is 1. The minimum absolute atomic E-state index is 0.293. The van der Waals surface area contributed by atoms with E-state index in [4.69, 9.17) is 4.74 Å². The maximum atomic E-state index is 13.2. The van der Waals surface area contributed by atoms with Crippen molar-refractivity contribution in [2.75, 3.05) is 12.4 Å². The minimum Gasteiger partial charge on any atom is -0.507 e. The lowest BCUT2D eigenvalue weighted by Gasteiger charge is -2.06. The first-order chi connectivity index (χ1) is 11.4. The quantitative estimate of drug-likeness (QED) is 0.501. The fourth-order valence-electron chi connectivity index (χ4n) is 1.97. The Kier molecular flexibility index (Phi) is 5.31. The second-order valence-corrected chi connectivity index (χ2v) is 5.04. The second-order valence-electron chi connectivity index (χ2n) is 5.04.